The molecule has 11 heavy (non-hydrogen) atoms. The van der Waals surface area contributed by atoms with Gasteiger partial charge in [0.1, 0.15) is 0 Å². The van der Waals surface area contributed by atoms with E-state index in [9.17, 15) is 9.59 Å². The van der Waals surface area contributed by atoms with Gasteiger partial charge in [-0.1, -0.05) is 13.8 Å². The van der Waals surface area contributed by atoms with E-state index in [1.165, 1.54) is 0 Å². The molecule has 0 fully saturated rings. The lowest BCUT2D eigenvalue weighted by atomic mass is 10.1. The van der Waals surface area contributed by atoms with Gasteiger partial charge in [-0.15, -0.1) is 0 Å². The second-order valence-corrected chi connectivity index (χ2v) is 2.50. The average molecular weight is 160 g/mol. The van der Waals surface area contributed by atoms with Gasteiger partial charge in [0.15, 0.2) is 0 Å². The monoisotopic (exact) mass is 160 g/mol. The first kappa shape index (κ1) is 9.94. The minimum atomic E-state index is -0.346. The van der Waals surface area contributed by atoms with Crippen molar-refractivity contribution >= 4 is 12.4 Å². The highest BCUT2D eigenvalue weighted by atomic mass is 16.7. The van der Waals surface area contributed by atoms with Crippen LogP contribution in [0.2, 0.25) is 0 Å². The summed E-state index contributed by atoms with van der Waals surface area (Å²) in [4.78, 5) is 20.3. The van der Waals surface area contributed by atoms with Crippen molar-refractivity contribution in [1.82, 2.24) is 0 Å². The van der Waals surface area contributed by atoms with Crippen molar-refractivity contribution in [1.29, 1.82) is 0 Å². The summed E-state index contributed by atoms with van der Waals surface area (Å²) in [5.74, 6) is -0.0828. The van der Waals surface area contributed by atoms with Gasteiger partial charge >= 0.3 is 5.97 Å². The molecule has 0 aliphatic heterocycles. The Morgan fingerprint density at radius 3 is 2.64 bits per heavy atom. The fourth-order valence-corrected chi connectivity index (χ4v) is 0.520. The number of carbonyl (C=O) groups is 2. The quantitative estimate of drug-likeness (QED) is 0.257. The lowest BCUT2D eigenvalue weighted by Gasteiger charge is -2.04. The summed E-state index contributed by atoms with van der Waals surface area (Å²) in [6, 6.07) is 0. The Kier molecular flexibility index (Phi) is 5.15. The molecule has 0 atom stereocenters. The van der Waals surface area contributed by atoms with Crippen LogP contribution in [0.3, 0.4) is 0 Å². The van der Waals surface area contributed by atoms with E-state index < -0.39 is 0 Å². The number of esters is 1. The Morgan fingerprint density at radius 2 is 2.18 bits per heavy atom. The molecule has 0 aromatic rings. The summed E-state index contributed by atoms with van der Waals surface area (Å²) < 4.78 is 8.66. The molecule has 0 aromatic heterocycles. The van der Waals surface area contributed by atoms with Crippen molar-refractivity contribution in [2.45, 2.75) is 20.3 Å². The zero-order valence-corrected chi connectivity index (χ0v) is 6.70. The summed E-state index contributed by atoms with van der Waals surface area (Å²) in [5.41, 5.74) is 0. The molecule has 4 nitrogen and oxygen atoms in total. The smallest absolute Gasteiger partial charge is 0.308 e. The first-order valence-electron chi connectivity index (χ1n) is 3.37. The number of rotatable bonds is 5. The van der Waals surface area contributed by atoms with Gasteiger partial charge in [0.05, 0.1) is 0 Å². The van der Waals surface area contributed by atoms with Gasteiger partial charge in [0.25, 0.3) is 6.47 Å². The second-order valence-electron chi connectivity index (χ2n) is 2.50. The maximum absolute atomic E-state index is 10.7. The van der Waals surface area contributed by atoms with E-state index in [1.807, 2.05) is 13.8 Å². The molecule has 0 aliphatic carbocycles. The highest BCUT2D eigenvalue weighted by molar-refractivity contribution is 5.69. The predicted octanol–water partition coefficient (Wildman–Crippen LogP) is 0.706. The Hall–Kier alpha value is -1.06. The zero-order valence-electron chi connectivity index (χ0n) is 6.70. The molecular formula is C7H12O4. The third kappa shape index (κ3) is 6.83. The molecule has 0 spiro atoms. The first-order chi connectivity index (χ1) is 5.16. The van der Waals surface area contributed by atoms with Crippen molar-refractivity contribution in [3.63, 3.8) is 0 Å². The molecule has 4 heteroatoms. The second kappa shape index (κ2) is 5.70. The fraction of sp³-hybridized carbons (Fsp3) is 0.714. The largest absolute Gasteiger partial charge is 0.430 e. The Balaban J connectivity index is 3.30. The van der Waals surface area contributed by atoms with Crippen LogP contribution in [0.15, 0.2) is 0 Å². The van der Waals surface area contributed by atoms with Crippen LogP contribution >= 0.6 is 0 Å². The van der Waals surface area contributed by atoms with E-state index in [0.29, 0.717) is 6.42 Å². The van der Waals surface area contributed by atoms with E-state index in [4.69, 9.17) is 0 Å². The van der Waals surface area contributed by atoms with E-state index >= 15 is 0 Å². The summed E-state index contributed by atoms with van der Waals surface area (Å²) in [5, 5.41) is 0. The standard InChI is InChI=1S/C7H12O4/c1-6(2)3-7(9)11-5-10-4-8/h4,6H,3,5H2,1-2H3. The summed E-state index contributed by atoms with van der Waals surface area (Å²) in [6.07, 6.45) is 0.349. The minimum absolute atomic E-state index is 0.239. The zero-order chi connectivity index (χ0) is 8.69. The first-order valence-corrected chi connectivity index (χ1v) is 3.37. The van der Waals surface area contributed by atoms with Crippen molar-refractivity contribution in [3.05, 3.63) is 0 Å². The number of hydrogen-bond donors (Lipinski definition) is 0. The van der Waals surface area contributed by atoms with Crippen LogP contribution in [0.5, 0.6) is 0 Å². The molecule has 64 valence electrons. The summed E-state index contributed by atoms with van der Waals surface area (Å²) in [6.45, 7) is 3.77. The van der Waals surface area contributed by atoms with Crippen LogP contribution < -0.4 is 0 Å². The van der Waals surface area contributed by atoms with Crippen LogP contribution in [0, 0.1) is 5.92 Å². The number of ether oxygens (including phenoxy) is 2. The summed E-state index contributed by atoms with van der Waals surface area (Å²) >= 11 is 0. The highest BCUT2D eigenvalue weighted by Crippen LogP contribution is 2.00. The predicted molar refractivity (Wildman–Crippen MR) is 37.6 cm³/mol. The third-order valence-electron chi connectivity index (χ3n) is 0.931. The molecule has 0 saturated heterocycles. The van der Waals surface area contributed by atoms with Crippen LogP contribution in [0.1, 0.15) is 20.3 Å². The van der Waals surface area contributed by atoms with E-state index in [1.54, 1.807) is 0 Å². The van der Waals surface area contributed by atoms with E-state index in [-0.39, 0.29) is 25.2 Å². The maximum Gasteiger partial charge on any atom is 0.308 e. The van der Waals surface area contributed by atoms with Crippen LogP contribution in [-0.4, -0.2) is 19.2 Å². The van der Waals surface area contributed by atoms with Crippen molar-refractivity contribution in [2.75, 3.05) is 6.79 Å². The van der Waals surface area contributed by atoms with Crippen molar-refractivity contribution in [3.8, 4) is 0 Å². The van der Waals surface area contributed by atoms with Gasteiger partial charge in [-0.3, -0.25) is 9.59 Å². The summed E-state index contributed by atoms with van der Waals surface area (Å²) in [7, 11) is 0. The van der Waals surface area contributed by atoms with Gasteiger partial charge in [-0.05, 0) is 5.92 Å². The molecule has 0 rings (SSSR count). The normalized spacial score (nSPS) is 9.36. The van der Waals surface area contributed by atoms with Gasteiger partial charge in [0.2, 0.25) is 6.79 Å². The SMILES string of the molecule is CC(C)CC(=O)OCOC=O. The van der Waals surface area contributed by atoms with Gasteiger partial charge in [0, 0.05) is 6.42 Å². The molecule has 0 N–H and O–H groups in total. The Morgan fingerprint density at radius 1 is 1.55 bits per heavy atom. The number of carbonyl (C=O) groups excluding carboxylic acids is 2. The minimum Gasteiger partial charge on any atom is -0.430 e. The lowest BCUT2D eigenvalue weighted by Crippen LogP contribution is -2.10. The molecule has 0 aliphatic rings. The molecule has 0 radical (unpaired) electrons. The molecule has 0 amide bonds. The topological polar surface area (TPSA) is 52.6 Å². The Bertz CT molecular complexity index is 130. The van der Waals surface area contributed by atoms with Crippen molar-refractivity contribution in [2.24, 2.45) is 5.92 Å². The third-order valence-corrected chi connectivity index (χ3v) is 0.931. The molecule has 0 bridgehead atoms. The van der Waals surface area contributed by atoms with Gasteiger partial charge in [-0.2, -0.15) is 0 Å². The Labute approximate surface area is 65.5 Å². The molecule has 0 aromatic carbocycles. The molecule has 0 saturated carbocycles. The molecule has 0 unspecified atom stereocenters. The van der Waals surface area contributed by atoms with Gasteiger partial charge < -0.3 is 9.47 Å². The van der Waals surface area contributed by atoms with E-state index in [2.05, 4.69) is 9.47 Å². The van der Waals surface area contributed by atoms with Crippen LogP contribution in [0.4, 0.5) is 0 Å². The average Bonchev–Trinajstić information content (AvgIpc) is 1.86. The fourth-order valence-electron chi connectivity index (χ4n) is 0.520. The van der Waals surface area contributed by atoms with Gasteiger partial charge in [-0.25, -0.2) is 0 Å². The van der Waals surface area contributed by atoms with Crippen molar-refractivity contribution < 1.29 is 19.1 Å². The maximum atomic E-state index is 10.7. The number of hydrogen-bond acceptors (Lipinski definition) is 4. The molecular weight excluding hydrogens is 148 g/mol. The lowest BCUT2D eigenvalue weighted by molar-refractivity contribution is -0.160. The van der Waals surface area contributed by atoms with E-state index in [0.717, 1.165) is 0 Å². The van der Waals surface area contributed by atoms with Crippen LogP contribution in [0.25, 0.3) is 0 Å². The van der Waals surface area contributed by atoms with Crippen LogP contribution in [-0.2, 0) is 19.1 Å². The molecule has 0 heterocycles. The highest BCUT2D eigenvalue weighted by Gasteiger charge is 2.04.